The second-order valence-electron chi connectivity index (χ2n) is 7.73. The lowest BCUT2D eigenvalue weighted by Crippen LogP contribution is -2.29. The number of rotatable bonds is 5. The van der Waals surface area contributed by atoms with E-state index in [-0.39, 0.29) is 18.2 Å². The van der Waals surface area contributed by atoms with Crippen molar-refractivity contribution in [3.8, 4) is 11.4 Å². The van der Waals surface area contributed by atoms with Gasteiger partial charge in [0.25, 0.3) is 0 Å². The fourth-order valence-corrected chi connectivity index (χ4v) is 4.47. The smallest absolute Gasteiger partial charge is 0.327 e. The summed E-state index contributed by atoms with van der Waals surface area (Å²) in [6.07, 6.45) is 3.22. The van der Waals surface area contributed by atoms with Gasteiger partial charge < -0.3 is 14.9 Å². The van der Waals surface area contributed by atoms with Gasteiger partial charge in [-0.05, 0) is 23.4 Å². The molecule has 0 aliphatic carbocycles. The molecule has 3 aromatic rings. The van der Waals surface area contributed by atoms with Crippen LogP contribution in [0, 0.1) is 17.7 Å². The molecule has 2 aliphatic heterocycles. The Labute approximate surface area is 181 Å². The van der Waals surface area contributed by atoms with E-state index in [2.05, 4.69) is 35.2 Å². The Morgan fingerprint density at radius 2 is 1.81 bits per heavy atom. The van der Waals surface area contributed by atoms with Crippen molar-refractivity contribution in [1.29, 1.82) is 0 Å². The molecule has 2 fully saturated rings. The van der Waals surface area contributed by atoms with Crippen LogP contribution in [0.5, 0.6) is 0 Å². The van der Waals surface area contributed by atoms with E-state index in [0.717, 1.165) is 36.7 Å². The summed E-state index contributed by atoms with van der Waals surface area (Å²) >= 11 is 6.27. The number of fused-ring (bicyclic) bond motifs is 1. The van der Waals surface area contributed by atoms with E-state index in [1.54, 1.807) is 18.5 Å². The largest absolute Gasteiger partial charge is 0.480 e. The van der Waals surface area contributed by atoms with Gasteiger partial charge in [-0.25, -0.2) is 14.4 Å². The third-order valence-corrected chi connectivity index (χ3v) is 5.96. The third kappa shape index (κ3) is 3.88. The van der Waals surface area contributed by atoms with Crippen LogP contribution in [0.25, 0.3) is 11.4 Å². The maximum Gasteiger partial charge on any atom is 0.327 e. The Bertz CT molecular complexity index is 1110. The summed E-state index contributed by atoms with van der Waals surface area (Å²) in [7, 11) is 0. The highest BCUT2D eigenvalue weighted by Gasteiger charge is 2.41. The van der Waals surface area contributed by atoms with Crippen LogP contribution in [0.2, 0.25) is 5.02 Å². The number of nitrogens with zero attached hydrogens (tertiary/aromatic N) is 8. The SMILES string of the molecule is O=C(O)Cn1nnc(-c2cnc(N3CC4CN(c5cc(F)ccc5Cl)CC4C3)nc2)n1. The highest BCUT2D eigenvalue weighted by molar-refractivity contribution is 6.33. The molecule has 2 aliphatic rings. The quantitative estimate of drug-likeness (QED) is 0.626. The van der Waals surface area contributed by atoms with Crippen LogP contribution in [0.1, 0.15) is 0 Å². The summed E-state index contributed by atoms with van der Waals surface area (Å²) in [4.78, 5) is 24.9. The molecular formula is C19H18ClFN8O2. The molecule has 4 heterocycles. The second-order valence-corrected chi connectivity index (χ2v) is 8.14. The summed E-state index contributed by atoms with van der Waals surface area (Å²) in [5.74, 6) is 0.387. The fraction of sp³-hybridized carbons (Fsp3) is 0.368. The predicted molar refractivity (Wildman–Crippen MR) is 109 cm³/mol. The third-order valence-electron chi connectivity index (χ3n) is 5.64. The lowest BCUT2D eigenvalue weighted by atomic mass is 10.0. The van der Waals surface area contributed by atoms with E-state index in [4.69, 9.17) is 16.7 Å². The first-order chi connectivity index (χ1) is 15.0. The van der Waals surface area contributed by atoms with Crippen LogP contribution >= 0.6 is 11.6 Å². The first-order valence-electron chi connectivity index (χ1n) is 9.73. The van der Waals surface area contributed by atoms with Gasteiger partial charge in [0.1, 0.15) is 5.82 Å². The summed E-state index contributed by atoms with van der Waals surface area (Å²) < 4.78 is 13.6. The molecule has 2 atom stereocenters. The average Bonchev–Trinajstić information content (AvgIpc) is 3.44. The summed E-state index contributed by atoms with van der Waals surface area (Å²) in [5.41, 5.74) is 1.30. The summed E-state index contributed by atoms with van der Waals surface area (Å²) in [5, 5.41) is 20.9. The highest BCUT2D eigenvalue weighted by atomic mass is 35.5. The van der Waals surface area contributed by atoms with Crippen LogP contribution in [0.3, 0.4) is 0 Å². The molecule has 0 spiro atoms. The molecule has 160 valence electrons. The molecule has 2 aromatic heterocycles. The van der Waals surface area contributed by atoms with E-state index in [0.29, 0.717) is 28.4 Å². The van der Waals surface area contributed by atoms with Crippen molar-refractivity contribution in [2.45, 2.75) is 6.54 Å². The Morgan fingerprint density at radius 3 is 2.48 bits per heavy atom. The molecule has 10 nitrogen and oxygen atoms in total. The molecule has 1 aromatic carbocycles. The molecule has 0 amide bonds. The van der Waals surface area contributed by atoms with Gasteiger partial charge in [0, 0.05) is 50.4 Å². The summed E-state index contributed by atoms with van der Waals surface area (Å²) in [6, 6.07) is 4.45. The first-order valence-corrected chi connectivity index (χ1v) is 10.1. The van der Waals surface area contributed by atoms with E-state index in [1.807, 2.05) is 0 Å². The second kappa shape index (κ2) is 7.73. The van der Waals surface area contributed by atoms with Crippen LogP contribution in [0.15, 0.2) is 30.6 Å². The van der Waals surface area contributed by atoms with E-state index >= 15 is 0 Å². The number of benzene rings is 1. The summed E-state index contributed by atoms with van der Waals surface area (Å²) in [6.45, 7) is 2.86. The van der Waals surface area contributed by atoms with E-state index in [9.17, 15) is 9.18 Å². The van der Waals surface area contributed by atoms with Crippen LogP contribution in [-0.4, -0.2) is 67.4 Å². The number of carboxylic acid groups (broad SMARTS) is 1. The van der Waals surface area contributed by atoms with Crippen LogP contribution in [-0.2, 0) is 11.3 Å². The van der Waals surface area contributed by atoms with Gasteiger partial charge in [-0.15, -0.1) is 10.2 Å². The number of carboxylic acids is 1. The van der Waals surface area contributed by atoms with Crippen molar-refractivity contribution >= 4 is 29.2 Å². The fourth-order valence-electron chi connectivity index (χ4n) is 4.23. The molecule has 1 N–H and O–H groups in total. The number of aromatic nitrogens is 6. The van der Waals surface area contributed by atoms with Gasteiger partial charge in [0.05, 0.1) is 16.3 Å². The van der Waals surface area contributed by atoms with E-state index in [1.165, 1.54) is 12.1 Å². The van der Waals surface area contributed by atoms with Gasteiger partial charge >= 0.3 is 5.97 Å². The Kier molecular flexibility index (Phi) is 4.89. The highest BCUT2D eigenvalue weighted by Crippen LogP contribution is 2.37. The van der Waals surface area contributed by atoms with Crippen LogP contribution in [0.4, 0.5) is 16.0 Å². The average molecular weight is 445 g/mol. The number of halogens is 2. The molecule has 0 bridgehead atoms. The van der Waals surface area contributed by atoms with Gasteiger partial charge in [0.15, 0.2) is 6.54 Å². The Hall–Kier alpha value is -3.34. The normalized spacial score (nSPS) is 20.3. The van der Waals surface area contributed by atoms with Gasteiger partial charge in [0.2, 0.25) is 11.8 Å². The van der Waals surface area contributed by atoms with Crippen molar-refractivity contribution < 1.29 is 14.3 Å². The molecule has 5 rings (SSSR count). The number of aliphatic carboxylic acids is 1. The lowest BCUT2D eigenvalue weighted by molar-refractivity contribution is -0.138. The van der Waals surface area contributed by atoms with Gasteiger partial charge in [-0.2, -0.15) is 4.80 Å². The van der Waals surface area contributed by atoms with Crippen molar-refractivity contribution in [2.75, 3.05) is 36.0 Å². The molecule has 31 heavy (non-hydrogen) atoms. The van der Waals surface area contributed by atoms with Crippen molar-refractivity contribution in [2.24, 2.45) is 11.8 Å². The Morgan fingerprint density at radius 1 is 1.13 bits per heavy atom. The predicted octanol–water partition coefficient (Wildman–Crippen LogP) is 1.58. The first kappa shape index (κ1) is 19.6. The van der Waals surface area contributed by atoms with E-state index < -0.39 is 5.97 Å². The minimum atomic E-state index is -1.05. The molecule has 2 saturated heterocycles. The number of hydrogen-bond donors (Lipinski definition) is 1. The number of tetrazole rings is 1. The lowest BCUT2D eigenvalue weighted by Gasteiger charge is -2.24. The monoisotopic (exact) mass is 444 g/mol. The van der Waals surface area contributed by atoms with Crippen molar-refractivity contribution in [3.63, 3.8) is 0 Å². The topological polar surface area (TPSA) is 113 Å². The maximum atomic E-state index is 13.6. The zero-order valence-corrected chi connectivity index (χ0v) is 17.0. The minimum absolute atomic E-state index is 0.272. The number of carbonyl (C=O) groups is 1. The van der Waals surface area contributed by atoms with Crippen LogP contribution < -0.4 is 9.80 Å². The van der Waals surface area contributed by atoms with Gasteiger partial charge in [-0.3, -0.25) is 4.79 Å². The minimum Gasteiger partial charge on any atom is -0.480 e. The van der Waals surface area contributed by atoms with Gasteiger partial charge in [-0.1, -0.05) is 11.6 Å². The molecule has 12 heteroatoms. The van der Waals surface area contributed by atoms with Crippen molar-refractivity contribution in [1.82, 2.24) is 30.2 Å². The Balaban J connectivity index is 1.24. The number of hydrogen-bond acceptors (Lipinski definition) is 8. The zero-order chi connectivity index (χ0) is 21.5. The molecule has 2 unspecified atom stereocenters. The zero-order valence-electron chi connectivity index (χ0n) is 16.3. The maximum absolute atomic E-state index is 13.6. The molecule has 0 radical (unpaired) electrons. The van der Waals surface area contributed by atoms with Crippen molar-refractivity contribution in [3.05, 3.63) is 41.4 Å². The number of anilines is 2. The molecule has 0 saturated carbocycles. The standard InChI is InChI=1S/C19H18ClFN8O2/c20-15-2-1-14(21)3-16(15)27-6-12-8-28(9-13(12)7-27)19-22-4-11(5-23-19)18-24-26-29(25-18)10-17(30)31/h1-5,12-13H,6-10H2,(H,30,31). The molecular weight excluding hydrogens is 427 g/mol.